The van der Waals surface area contributed by atoms with E-state index in [2.05, 4.69) is 5.32 Å². The van der Waals surface area contributed by atoms with E-state index in [0.29, 0.717) is 11.3 Å². The van der Waals surface area contributed by atoms with E-state index in [1.54, 1.807) is 24.3 Å². The van der Waals surface area contributed by atoms with Gasteiger partial charge < -0.3 is 11.1 Å². The van der Waals surface area contributed by atoms with Gasteiger partial charge in [-0.1, -0.05) is 44.2 Å². The van der Waals surface area contributed by atoms with Crippen LogP contribution < -0.4 is 16.0 Å². The second kappa shape index (κ2) is 7.22. The number of carbonyl (C=O) groups excluding carboxylic acids is 2. The summed E-state index contributed by atoms with van der Waals surface area (Å²) in [5.74, 6) is -1.33. The Bertz CT molecular complexity index is 1410. The lowest BCUT2D eigenvalue weighted by Gasteiger charge is -2.47. The molecule has 0 fully saturated rings. The van der Waals surface area contributed by atoms with Crippen molar-refractivity contribution in [3.63, 3.8) is 0 Å². The van der Waals surface area contributed by atoms with Gasteiger partial charge in [0.15, 0.2) is 5.78 Å². The summed E-state index contributed by atoms with van der Waals surface area (Å²) in [5.41, 5.74) is 3.51. The molecule has 1 aliphatic carbocycles. The highest BCUT2D eigenvalue weighted by atomic mass is 19.4. The van der Waals surface area contributed by atoms with E-state index in [-0.39, 0.29) is 41.2 Å². The fourth-order valence-electron chi connectivity index (χ4n) is 5.56. The number of ketones is 1. The number of amides is 1. The maximum atomic E-state index is 14.0. The van der Waals surface area contributed by atoms with Gasteiger partial charge in [0.25, 0.3) is 0 Å². The number of para-hydroxylation sites is 2. The second-order valence-corrected chi connectivity index (χ2v) is 9.73. The minimum Gasteiger partial charge on any atom is -0.384 e. The number of nitrogens with one attached hydrogen (secondary N) is 1. The number of carbonyl (C=O) groups is 2. The number of rotatable bonds is 1. The SMILES string of the molecule is CC1(C)CC(=O)C2=C(C1)N(c1ccccc1C(F)(F)F)C(N)=C(C#N)[C@]21C(=O)Nc2ccccc21. The third-order valence-electron chi connectivity index (χ3n) is 6.85. The molecular weight excluding hydrogens is 457 g/mol. The molecule has 3 N–H and O–H groups in total. The van der Waals surface area contributed by atoms with E-state index in [1.165, 1.54) is 18.2 Å². The Morgan fingerprint density at radius 2 is 1.71 bits per heavy atom. The highest BCUT2D eigenvalue weighted by Crippen LogP contribution is 2.57. The first-order valence-electron chi connectivity index (χ1n) is 11.0. The Hall–Kier alpha value is -4.06. The predicted octanol–water partition coefficient (Wildman–Crippen LogP) is 4.75. The molecule has 35 heavy (non-hydrogen) atoms. The number of hydrogen-bond acceptors (Lipinski definition) is 5. The number of benzene rings is 2. The van der Waals surface area contributed by atoms with Crippen LogP contribution in [0.1, 0.15) is 37.8 Å². The lowest BCUT2D eigenvalue weighted by molar-refractivity contribution is -0.137. The van der Waals surface area contributed by atoms with Crippen LogP contribution in [0.25, 0.3) is 0 Å². The van der Waals surface area contributed by atoms with E-state index in [4.69, 9.17) is 5.73 Å². The van der Waals surface area contributed by atoms with Crippen LogP contribution in [0, 0.1) is 16.7 Å². The van der Waals surface area contributed by atoms with Gasteiger partial charge in [0, 0.05) is 28.9 Å². The third kappa shape index (κ3) is 3.02. The molecule has 2 aromatic carbocycles. The monoisotopic (exact) mass is 478 g/mol. The maximum Gasteiger partial charge on any atom is 0.418 e. The lowest BCUT2D eigenvalue weighted by Crippen LogP contribution is -2.52. The number of Topliss-reactive ketones (excluding diaryl/α,β-unsaturated/α-hetero) is 1. The molecule has 0 saturated carbocycles. The molecule has 2 aliphatic heterocycles. The molecular formula is C26H21F3N4O2. The Kier molecular flexibility index (Phi) is 4.69. The molecule has 0 radical (unpaired) electrons. The largest absolute Gasteiger partial charge is 0.418 e. The zero-order valence-electron chi connectivity index (χ0n) is 19.0. The average molecular weight is 478 g/mol. The van der Waals surface area contributed by atoms with Crippen molar-refractivity contribution in [2.45, 2.75) is 38.3 Å². The molecule has 6 nitrogen and oxygen atoms in total. The van der Waals surface area contributed by atoms with Crippen LogP contribution in [-0.2, 0) is 21.2 Å². The van der Waals surface area contributed by atoms with E-state index >= 15 is 0 Å². The first-order valence-corrected chi connectivity index (χ1v) is 11.0. The Labute approximate surface area is 199 Å². The molecule has 0 bridgehead atoms. The van der Waals surface area contributed by atoms with Gasteiger partial charge in [-0.05, 0) is 30.0 Å². The number of hydrogen-bond donors (Lipinski definition) is 2. The number of halogens is 3. The topological polar surface area (TPSA) is 99.2 Å². The number of alkyl halides is 3. The van der Waals surface area contributed by atoms with Crippen LogP contribution in [0.5, 0.6) is 0 Å². The van der Waals surface area contributed by atoms with E-state index < -0.39 is 34.3 Å². The molecule has 0 aromatic heterocycles. The molecule has 9 heteroatoms. The summed E-state index contributed by atoms with van der Waals surface area (Å²) < 4.78 is 42.1. The molecule has 178 valence electrons. The predicted molar refractivity (Wildman–Crippen MR) is 123 cm³/mol. The van der Waals surface area contributed by atoms with Gasteiger partial charge in [-0.25, -0.2) is 0 Å². The molecule has 0 unspecified atom stereocenters. The Morgan fingerprint density at radius 1 is 1.06 bits per heavy atom. The van der Waals surface area contributed by atoms with Gasteiger partial charge in [0.2, 0.25) is 5.91 Å². The first kappa shape index (κ1) is 22.7. The third-order valence-corrected chi connectivity index (χ3v) is 6.85. The summed E-state index contributed by atoms with van der Waals surface area (Å²) in [4.78, 5) is 28.5. The van der Waals surface area contributed by atoms with E-state index in [1.807, 2.05) is 19.9 Å². The van der Waals surface area contributed by atoms with Crippen LogP contribution in [0.3, 0.4) is 0 Å². The van der Waals surface area contributed by atoms with Gasteiger partial charge in [0.05, 0.1) is 16.8 Å². The average Bonchev–Trinajstić information content (AvgIpc) is 3.05. The van der Waals surface area contributed by atoms with Crippen molar-refractivity contribution >= 4 is 23.1 Å². The molecule has 2 heterocycles. The van der Waals surface area contributed by atoms with Crippen LogP contribution in [0.4, 0.5) is 24.5 Å². The van der Waals surface area contributed by atoms with Crippen LogP contribution >= 0.6 is 0 Å². The summed E-state index contributed by atoms with van der Waals surface area (Å²) in [5, 5.41) is 13.0. The highest BCUT2D eigenvalue weighted by Gasteiger charge is 2.61. The molecule has 3 aliphatic rings. The smallest absolute Gasteiger partial charge is 0.384 e. The van der Waals surface area contributed by atoms with Gasteiger partial charge >= 0.3 is 6.18 Å². The molecule has 1 spiro atoms. The number of nitrogens with zero attached hydrogens (tertiary/aromatic N) is 2. The minimum atomic E-state index is -4.72. The van der Waals surface area contributed by atoms with Gasteiger partial charge in [-0.15, -0.1) is 0 Å². The lowest BCUT2D eigenvalue weighted by atomic mass is 9.60. The summed E-state index contributed by atoms with van der Waals surface area (Å²) >= 11 is 0. The van der Waals surface area contributed by atoms with Crippen LogP contribution in [0.2, 0.25) is 0 Å². The highest BCUT2D eigenvalue weighted by molar-refractivity contribution is 6.20. The summed E-state index contributed by atoms with van der Waals surface area (Å²) in [6, 6.07) is 13.5. The van der Waals surface area contributed by atoms with Crippen molar-refractivity contribution in [2.75, 3.05) is 10.2 Å². The van der Waals surface area contributed by atoms with Gasteiger partial charge in [0.1, 0.15) is 17.3 Å². The normalized spacial score (nSPS) is 23.3. The molecule has 1 amide bonds. The van der Waals surface area contributed by atoms with E-state index in [9.17, 15) is 28.0 Å². The first-order chi connectivity index (χ1) is 16.4. The van der Waals surface area contributed by atoms with Crippen molar-refractivity contribution in [3.8, 4) is 6.07 Å². The molecule has 5 rings (SSSR count). The molecule has 1 atom stereocenters. The summed E-state index contributed by atoms with van der Waals surface area (Å²) in [6.45, 7) is 3.66. The summed E-state index contributed by atoms with van der Waals surface area (Å²) in [6.07, 6.45) is -4.47. The maximum absolute atomic E-state index is 14.0. The number of nitrogens with two attached hydrogens (primary N) is 1. The van der Waals surface area contributed by atoms with Crippen LogP contribution in [0.15, 0.2) is 71.2 Å². The fourth-order valence-corrected chi connectivity index (χ4v) is 5.56. The Balaban J connectivity index is 1.92. The number of nitriles is 1. The van der Waals surface area contributed by atoms with Crippen LogP contribution in [-0.4, -0.2) is 11.7 Å². The van der Waals surface area contributed by atoms with Crippen molar-refractivity contribution in [1.29, 1.82) is 5.26 Å². The van der Waals surface area contributed by atoms with Crippen molar-refractivity contribution in [3.05, 3.63) is 82.3 Å². The Morgan fingerprint density at radius 3 is 2.40 bits per heavy atom. The van der Waals surface area contributed by atoms with Gasteiger partial charge in [-0.3, -0.25) is 14.5 Å². The quantitative estimate of drug-likeness (QED) is 0.616. The number of allylic oxidation sites excluding steroid dienone is 1. The second-order valence-electron chi connectivity index (χ2n) is 9.73. The summed E-state index contributed by atoms with van der Waals surface area (Å²) in [7, 11) is 0. The van der Waals surface area contributed by atoms with Gasteiger partial charge in [-0.2, -0.15) is 18.4 Å². The number of anilines is 2. The van der Waals surface area contributed by atoms with Crippen molar-refractivity contribution < 1.29 is 22.8 Å². The standard InChI is InChI=1S/C26H21F3N4O2/c1-24(2)11-19-21(20(34)12-24)25(14-7-3-5-9-17(14)32-23(25)35)16(13-30)22(31)33(19)18-10-6-4-8-15(18)26(27,28)29/h3-10H,11-12,31H2,1-2H3,(H,32,35)/t25-/m0/s1. The minimum absolute atomic E-state index is 0.00185. The van der Waals surface area contributed by atoms with Crippen molar-refractivity contribution in [1.82, 2.24) is 0 Å². The molecule has 2 aromatic rings. The zero-order valence-corrected chi connectivity index (χ0v) is 19.0. The molecule has 0 saturated heterocycles. The fraction of sp³-hybridized carbons (Fsp3) is 0.269. The van der Waals surface area contributed by atoms with Crippen molar-refractivity contribution in [2.24, 2.45) is 11.1 Å². The number of fused-ring (bicyclic) bond motifs is 3. The van der Waals surface area contributed by atoms with E-state index in [0.717, 1.165) is 11.0 Å². The zero-order chi connectivity index (χ0) is 25.3.